The van der Waals surface area contributed by atoms with Gasteiger partial charge in [-0.1, -0.05) is 12.1 Å². The molecule has 0 saturated carbocycles. The highest BCUT2D eigenvalue weighted by Gasteiger charge is 2.17. The molecular weight excluding hydrogens is 274 g/mol. The summed E-state index contributed by atoms with van der Waals surface area (Å²) >= 11 is 0. The molecule has 116 valence electrons. The molecule has 1 aromatic heterocycles. The van der Waals surface area contributed by atoms with E-state index in [0.29, 0.717) is 11.4 Å². The first-order valence-electron chi connectivity index (χ1n) is 7.74. The van der Waals surface area contributed by atoms with Crippen LogP contribution in [-0.4, -0.2) is 42.6 Å². The van der Waals surface area contributed by atoms with Gasteiger partial charge in [-0.15, -0.1) is 0 Å². The van der Waals surface area contributed by atoms with E-state index < -0.39 is 0 Å². The number of piperazine rings is 1. The number of nitrogens with two attached hydrogens (primary N) is 2. The Bertz CT molecular complexity index is 606. The van der Waals surface area contributed by atoms with Crippen LogP contribution in [-0.2, 0) is 6.42 Å². The Balaban J connectivity index is 1.49. The van der Waals surface area contributed by atoms with Gasteiger partial charge in [0.25, 0.3) is 0 Å². The maximum absolute atomic E-state index is 5.86. The highest BCUT2D eigenvalue weighted by molar-refractivity contribution is 5.63. The summed E-state index contributed by atoms with van der Waals surface area (Å²) in [5.74, 6) is 1.08. The second-order valence-corrected chi connectivity index (χ2v) is 5.73. The first kappa shape index (κ1) is 14.7. The van der Waals surface area contributed by atoms with Crippen LogP contribution in [0.4, 0.5) is 17.2 Å². The van der Waals surface area contributed by atoms with E-state index in [0.717, 1.165) is 45.0 Å². The molecule has 1 aliphatic rings. The average Bonchev–Trinajstić information content (AvgIpc) is 2.57. The maximum atomic E-state index is 5.86. The SMILES string of the molecule is Nc1ccc(CCN2CCN(c3ccccn3)CC2)cc1N. The van der Waals surface area contributed by atoms with Crippen LogP contribution in [0.5, 0.6) is 0 Å². The van der Waals surface area contributed by atoms with Gasteiger partial charge in [-0.2, -0.15) is 0 Å². The van der Waals surface area contributed by atoms with Crippen molar-refractivity contribution in [2.24, 2.45) is 0 Å². The molecule has 1 aliphatic heterocycles. The molecule has 0 spiro atoms. The van der Waals surface area contributed by atoms with E-state index in [9.17, 15) is 0 Å². The highest BCUT2D eigenvalue weighted by atomic mass is 15.3. The first-order chi connectivity index (χ1) is 10.7. The smallest absolute Gasteiger partial charge is 0.128 e. The zero-order valence-corrected chi connectivity index (χ0v) is 12.8. The lowest BCUT2D eigenvalue weighted by atomic mass is 10.1. The van der Waals surface area contributed by atoms with Crippen molar-refractivity contribution in [2.75, 3.05) is 49.1 Å². The number of hydrogen-bond donors (Lipinski definition) is 2. The minimum Gasteiger partial charge on any atom is -0.397 e. The molecule has 1 fully saturated rings. The Hall–Kier alpha value is -2.27. The molecule has 5 heteroatoms. The van der Waals surface area contributed by atoms with Crippen molar-refractivity contribution in [1.82, 2.24) is 9.88 Å². The van der Waals surface area contributed by atoms with E-state index in [1.807, 2.05) is 30.5 Å². The standard InChI is InChI=1S/C17H23N5/c18-15-5-4-14(13-16(15)19)6-8-21-9-11-22(12-10-21)17-3-1-2-7-20-17/h1-5,7,13H,6,8-12,18-19H2. The molecule has 4 N–H and O–H groups in total. The third-order valence-electron chi connectivity index (χ3n) is 4.21. The zero-order valence-electron chi connectivity index (χ0n) is 12.8. The van der Waals surface area contributed by atoms with Gasteiger partial charge in [-0.3, -0.25) is 4.90 Å². The Morgan fingerprint density at radius 2 is 1.77 bits per heavy atom. The number of rotatable bonds is 4. The monoisotopic (exact) mass is 297 g/mol. The molecule has 0 atom stereocenters. The predicted octanol–water partition coefficient (Wildman–Crippen LogP) is 1.61. The van der Waals surface area contributed by atoms with E-state index >= 15 is 0 Å². The largest absolute Gasteiger partial charge is 0.397 e. The van der Waals surface area contributed by atoms with Gasteiger partial charge in [0.05, 0.1) is 11.4 Å². The second kappa shape index (κ2) is 6.66. The lowest BCUT2D eigenvalue weighted by Crippen LogP contribution is -2.47. The molecule has 2 heterocycles. The van der Waals surface area contributed by atoms with Crippen molar-refractivity contribution < 1.29 is 0 Å². The quantitative estimate of drug-likeness (QED) is 0.839. The normalized spacial score (nSPS) is 15.9. The molecule has 0 bridgehead atoms. The van der Waals surface area contributed by atoms with E-state index in [-0.39, 0.29) is 0 Å². The summed E-state index contributed by atoms with van der Waals surface area (Å²) in [7, 11) is 0. The zero-order chi connectivity index (χ0) is 15.4. The molecule has 0 radical (unpaired) electrons. The van der Waals surface area contributed by atoms with Gasteiger partial charge in [-0.05, 0) is 36.2 Å². The van der Waals surface area contributed by atoms with Crippen molar-refractivity contribution in [3.8, 4) is 0 Å². The van der Waals surface area contributed by atoms with Gasteiger partial charge < -0.3 is 16.4 Å². The number of nitrogens with zero attached hydrogens (tertiary/aromatic N) is 3. The minimum absolute atomic E-state index is 0.660. The Morgan fingerprint density at radius 3 is 2.45 bits per heavy atom. The molecule has 0 unspecified atom stereocenters. The van der Waals surface area contributed by atoms with Crippen molar-refractivity contribution in [1.29, 1.82) is 0 Å². The fourth-order valence-corrected chi connectivity index (χ4v) is 2.81. The Kier molecular flexibility index (Phi) is 4.44. The average molecular weight is 297 g/mol. The summed E-state index contributed by atoms with van der Waals surface area (Å²) in [6.45, 7) is 5.25. The number of aromatic nitrogens is 1. The third kappa shape index (κ3) is 3.49. The van der Waals surface area contributed by atoms with E-state index in [1.165, 1.54) is 5.56 Å². The molecule has 0 amide bonds. The van der Waals surface area contributed by atoms with E-state index in [1.54, 1.807) is 0 Å². The minimum atomic E-state index is 0.660. The van der Waals surface area contributed by atoms with E-state index in [4.69, 9.17) is 11.5 Å². The second-order valence-electron chi connectivity index (χ2n) is 5.73. The van der Waals surface area contributed by atoms with Crippen molar-refractivity contribution in [2.45, 2.75) is 6.42 Å². The number of anilines is 3. The summed E-state index contributed by atoms with van der Waals surface area (Å²) in [6, 6.07) is 12.0. The van der Waals surface area contributed by atoms with Gasteiger partial charge >= 0.3 is 0 Å². The van der Waals surface area contributed by atoms with Crippen LogP contribution in [0.15, 0.2) is 42.6 Å². The van der Waals surface area contributed by atoms with Crippen LogP contribution in [0.2, 0.25) is 0 Å². The summed E-state index contributed by atoms with van der Waals surface area (Å²) in [4.78, 5) is 9.26. The molecule has 3 rings (SSSR count). The van der Waals surface area contributed by atoms with Gasteiger partial charge in [0.1, 0.15) is 5.82 Å². The van der Waals surface area contributed by atoms with Crippen LogP contribution in [0.3, 0.4) is 0 Å². The van der Waals surface area contributed by atoms with Gasteiger partial charge in [-0.25, -0.2) is 4.98 Å². The van der Waals surface area contributed by atoms with Crippen molar-refractivity contribution >= 4 is 17.2 Å². The summed E-state index contributed by atoms with van der Waals surface area (Å²) < 4.78 is 0. The molecule has 0 aliphatic carbocycles. The Morgan fingerprint density at radius 1 is 0.955 bits per heavy atom. The molecular formula is C17H23N5. The fourth-order valence-electron chi connectivity index (χ4n) is 2.81. The lowest BCUT2D eigenvalue weighted by molar-refractivity contribution is 0.260. The molecule has 22 heavy (non-hydrogen) atoms. The van der Waals surface area contributed by atoms with E-state index in [2.05, 4.69) is 26.9 Å². The number of pyridine rings is 1. The topological polar surface area (TPSA) is 71.4 Å². The highest BCUT2D eigenvalue weighted by Crippen LogP contribution is 2.17. The third-order valence-corrected chi connectivity index (χ3v) is 4.21. The number of hydrogen-bond acceptors (Lipinski definition) is 5. The molecule has 1 saturated heterocycles. The summed E-state index contributed by atoms with van der Waals surface area (Å²) in [6.07, 6.45) is 2.86. The number of benzene rings is 1. The van der Waals surface area contributed by atoms with Crippen molar-refractivity contribution in [3.05, 3.63) is 48.2 Å². The Labute approximate surface area is 131 Å². The molecule has 1 aromatic carbocycles. The van der Waals surface area contributed by atoms with Gasteiger partial charge in [0, 0.05) is 38.9 Å². The summed E-state index contributed by atoms with van der Waals surface area (Å²) in [5, 5.41) is 0. The van der Waals surface area contributed by atoms with Gasteiger partial charge in [0.15, 0.2) is 0 Å². The molecule has 5 nitrogen and oxygen atoms in total. The van der Waals surface area contributed by atoms with Crippen LogP contribution < -0.4 is 16.4 Å². The first-order valence-corrected chi connectivity index (χ1v) is 7.74. The van der Waals surface area contributed by atoms with Crippen LogP contribution >= 0.6 is 0 Å². The van der Waals surface area contributed by atoms with Crippen LogP contribution in [0.25, 0.3) is 0 Å². The van der Waals surface area contributed by atoms with Gasteiger partial charge in [0.2, 0.25) is 0 Å². The van der Waals surface area contributed by atoms with Crippen LogP contribution in [0, 0.1) is 0 Å². The molecule has 2 aromatic rings. The predicted molar refractivity (Wildman–Crippen MR) is 91.9 cm³/mol. The fraction of sp³-hybridized carbons (Fsp3) is 0.353. The number of nitrogen functional groups attached to an aromatic ring is 2. The van der Waals surface area contributed by atoms with Crippen molar-refractivity contribution in [3.63, 3.8) is 0 Å². The van der Waals surface area contributed by atoms with Crippen LogP contribution in [0.1, 0.15) is 5.56 Å². The maximum Gasteiger partial charge on any atom is 0.128 e. The summed E-state index contributed by atoms with van der Waals surface area (Å²) in [5.41, 5.74) is 14.2. The lowest BCUT2D eigenvalue weighted by Gasteiger charge is -2.35.